The summed E-state index contributed by atoms with van der Waals surface area (Å²) in [6, 6.07) is 7.11. The number of rotatable bonds is 7. The molecule has 1 aromatic carbocycles. The van der Waals surface area contributed by atoms with Crippen LogP contribution in [0.15, 0.2) is 47.4 Å². The van der Waals surface area contributed by atoms with Crippen molar-refractivity contribution in [3.63, 3.8) is 0 Å². The Bertz CT molecular complexity index is 1150. The number of aromatic nitrogens is 1. The maximum atomic E-state index is 12.4. The molecule has 8 nitrogen and oxygen atoms in total. The third-order valence-electron chi connectivity index (χ3n) is 4.19. The number of ketones is 1. The van der Waals surface area contributed by atoms with E-state index >= 15 is 0 Å². The van der Waals surface area contributed by atoms with Crippen LogP contribution < -0.4 is 9.74 Å². The molecule has 0 aliphatic carbocycles. The molecule has 0 amide bonds. The Morgan fingerprint density at radius 2 is 1.65 bits per heavy atom. The number of esters is 1. The fourth-order valence-electron chi connectivity index (χ4n) is 2.56. The Kier molecular flexibility index (Phi) is 6.64. The molecule has 0 saturated heterocycles. The van der Waals surface area contributed by atoms with Crippen LogP contribution in [0.25, 0.3) is 5.69 Å². The molecule has 2 rings (SSSR count). The monoisotopic (exact) mass is 461 g/mol. The van der Waals surface area contributed by atoms with Crippen molar-refractivity contribution in [1.29, 1.82) is 0 Å². The average Bonchev–Trinajstić information content (AvgIpc) is 2.66. The molecule has 168 valence electrons. The summed E-state index contributed by atoms with van der Waals surface area (Å²) in [6.45, 7) is 3.13. The second-order valence-electron chi connectivity index (χ2n) is 7.08. The number of halogens is 3. The van der Waals surface area contributed by atoms with Crippen LogP contribution in [0.4, 0.5) is 13.2 Å². The molecule has 0 fully saturated rings. The molecule has 31 heavy (non-hydrogen) atoms. The first-order valence-electron chi connectivity index (χ1n) is 8.63. The van der Waals surface area contributed by atoms with E-state index in [1.807, 2.05) is 0 Å². The molecule has 0 bridgehead atoms. The Hall–Kier alpha value is -3.15. The van der Waals surface area contributed by atoms with Gasteiger partial charge in [0, 0.05) is 29.9 Å². The van der Waals surface area contributed by atoms with Crippen LogP contribution in [0.3, 0.4) is 0 Å². The molecular formula is C19H18F3NO7S. The minimum atomic E-state index is -5.90. The smallest absolute Gasteiger partial charge is 0.469 e. The van der Waals surface area contributed by atoms with Gasteiger partial charge in [-0.2, -0.15) is 21.6 Å². The number of methoxy groups -OCH3 is 1. The summed E-state index contributed by atoms with van der Waals surface area (Å²) in [4.78, 5) is 36.3. The van der Waals surface area contributed by atoms with Crippen LogP contribution in [-0.2, 0) is 19.6 Å². The summed E-state index contributed by atoms with van der Waals surface area (Å²) < 4.78 is 68.8. The van der Waals surface area contributed by atoms with Gasteiger partial charge in [0.05, 0.1) is 12.5 Å². The van der Waals surface area contributed by atoms with E-state index in [-0.39, 0.29) is 23.5 Å². The van der Waals surface area contributed by atoms with Gasteiger partial charge in [0.2, 0.25) is 0 Å². The molecule has 0 atom stereocenters. The molecule has 0 radical (unpaired) electrons. The number of Topliss-reactive ketones (excluding diaryl/α,β-unsaturated/α-hetero) is 1. The number of nitrogens with zero attached hydrogens (tertiary/aromatic N) is 1. The van der Waals surface area contributed by atoms with Gasteiger partial charge >= 0.3 is 21.6 Å². The molecule has 1 heterocycles. The van der Waals surface area contributed by atoms with Crippen molar-refractivity contribution in [3.05, 3.63) is 58.5 Å². The first-order chi connectivity index (χ1) is 14.2. The van der Waals surface area contributed by atoms with Gasteiger partial charge in [-0.3, -0.25) is 19.0 Å². The molecule has 0 N–H and O–H groups in total. The zero-order valence-corrected chi connectivity index (χ0v) is 17.4. The van der Waals surface area contributed by atoms with E-state index in [1.54, 1.807) is 13.8 Å². The van der Waals surface area contributed by atoms with E-state index in [0.717, 1.165) is 16.8 Å². The van der Waals surface area contributed by atoms with E-state index in [1.165, 1.54) is 31.4 Å². The molecule has 1 aromatic heterocycles. The molecule has 0 aliphatic heterocycles. The van der Waals surface area contributed by atoms with Crippen molar-refractivity contribution >= 4 is 21.9 Å². The molecule has 12 heteroatoms. The van der Waals surface area contributed by atoms with E-state index in [0.29, 0.717) is 6.07 Å². The maximum absolute atomic E-state index is 12.4. The second-order valence-corrected chi connectivity index (χ2v) is 8.61. The van der Waals surface area contributed by atoms with E-state index in [9.17, 15) is 36.0 Å². The summed E-state index contributed by atoms with van der Waals surface area (Å²) >= 11 is 0. The Labute approximate surface area is 175 Å². The topological polar surface area (TPSA) is 109 Å². The molecule has 0 spiro atoms. The van der Waals surface area contributed by atoms with E-state index < -0.39 is 38.3 Å². The van der Waals surface area contributed by atoms with Crippen molar-refractivity contribution < 1.29 is 40.1 Å². The average molecular weight is 461 g/mol. The minimum Gasteiger partial charge on any atom is -0.469 e. The summed E-state index contributed by atoms with van der Waals surface area (Å²) in [5.41, 5.74) is -6.99. The normalized spacial score (nSPS) is 12.3. The van der Waals surface area contributed by atoms with E-state index in [2.05, 4.69) is 8.92 Å². The van der Waals surface area contributed by atoms with Gasteiger partial charge in [-0.15, -0.1) is 0 Å². The zero-order chi connectivity index (χ0) is 23.6. The highest BCUT2D eigenvalue weighted by Crippen LogP contribution is 2.27. The van der Waals surface area contributed by atoms with Gasteiger partial charge in [0.1, 0.15) is 5.75 Å². The highest BCUT2D eigenvalue weighted by molar-refractivity contribution is 7.88. The van der Waals surface area contributed by atoms with Crippen LogP contribution in [-0.4, -0.2) is 37.4 Å². The number of benzene rings is 1. The quantitative estimate of drug-likeness (QED) is 0.270. The summed E-state index contributed by atoms with van der Waals surface area (Å²) in [6.07, 6.45) is 0.916. The van der Waals surface area contributed by atoms with E-state index in [4.69, 9.17) is 0 Å². The number of carbonyl (C=O) groups excluding carboxylic acids is 2. The number of alkyl halides is 3. The van der Waals surface area contributed by atoms with Crippen molar-refractivity contribution in [2.75, 3.05) is 7.11 Å². The Balaban J connectivity index is 2.23. The van der Waals surface area contributed by atoms with Gasteiger partial charge in [-0.25, -0.2) is 0 Å². The van der Waals surface area contributed by atoms with Crippen LogP contribution in [0.5, 0.6) is 5.75 Å². The maximum Gasteiger partial charge on any atom is 0.534 e. The summed E-state index contributed by atoms with van der Waals surface area (Å²) in [5.74, 6) is -1.68. The van der Waals surface area contributed by atoms with Crippen molar-refractivity contribution in [3.8, 4) is 11.4 Å². The molecule has 0 unspecified atom stereocenters. The zero-order valence-electron chi connectivity index (χ0n) is 16.6. The lowest BCUT2D eigenvalue weighted by molar-refractivity contribution is -0.150. The van der Waals surface area contributed by atoms with Crippen molar-refractivity contribution in [1.82, 2.24) is 4.57 Å². The Morgan fingerprint density at radius 1 is 1.06 bits per heavy atom. The van der Waals surface area contributed by atoms with Crippen LogP contribution in [0.2, 0.25) is 0 Å². The lowest BCUT2D eigenvalue weighted by Gasteiger charge is -2.20. The van der Waals surface area contributed by atoms with Crippen LogP contribution >= 0.6 is 0 Å². The number of pyridine rings is 1. The molecule has 0 aliphatic rings. The largest absolute Gasteiger partial charge is 0.534 e. The van der Waals surface area contributed by atoms with Gasteiger partial charge < -0.3 is 8.92 Å². The Morgan fingerprint density at radius 3 is 2.13 bits per heavy atom. The van der Waals surface area contributed by atoms with Crippen LogP contribution in [0, 0.1) is 5.41 Å². The minimum absolute atomic E-state index is 0.112. The number of hydrogen-bond donors (Lipinski definition) is 0. The predicted octanol–water partition coefficient (Wildman–Crippen LogP) is 2.84. The molecule has 2 aromatic rings. The van der Waals surface area contributed by atoms with Gasteiger partial charge in [-0.1, -0.05) is 0 Å². The highest BCUT2D eigenvalue weighted by atomic mass is 32.2. The first-order valence-corrected chi connectivity index (χ1v) is 10.0. The first kappa shape index (κ1) is 24.1. The standard InChI is InChI=1S/C19H18F3NO7S/c1-18(2,17(26)29-3)11-15(24)12-4-6-13(7-5-12)23-9-8-14(10-16(23)25)30-31(27,28)19(20,21)22/h4-10H,11H2,1-3H3. The highest BCUT2D eigenvalue weighted by Gasteiger charge is 2.48. The fourth-order valence-corrected chi connectivity index (χ4v) is 3.01. The van der Waals surface area contributed by atoms with Gasteiger partial charge in [0.25, 0.3) is 5.56 Å². The lowest BCUT2D eigenvalue weighted by atomic mass is 9.85. The second kappa shape index (κ2) is 8.53. The number of carbonyl (C=O) groups is 2. The SMILES string of the molecule is COC(=O)C(C)(C)CC(=O)c1ccc(-n2ccc(OS(=O)(=O)C(F)(F)F)cc2=O)cc1. The summed E-state index contributed by atoms with van der Waals surface area (Å²) in [7, 11) is -4.68. The lowest BCUT2D eigenvalue weighted by Crippen LogP contribution is -2.29. The number of ether oxygens (including phenoxy) is 1. The van der Waals surface area contributed by atoms with Crippen molar-refractivity contribution in [2.24, 2.45) is 5.41 Å². The number of hydrogen-bond acceptors (Lipinski definition) is 7. The summed E-state index contributed by atoms with van der Waals surface area (Å²) in [5, 5.41) is 0. The fraction of sp³-hybridized carbons (Fsp3) is 0.316. The van der Waals surface area contributed by atoms with Crippen molar-refractivity contribution in [2.45, 2.75) is 25.8 Å². The molecule has 0 saturated carbocycles. The van der Waals surface area contributed by atoms with Gasteiger partial charge in [0.15, 0.2) is 5.78 Å². The van der Waals surface area contributed by atoms with Gasteiger partial charge in [-0.05, 0) is 44.2 Å². The third-order valence-corrected chi connectivity index (χ3v) is 5.17. The third kappa shape index (κ3) is 5.51. The van der Waals surface area contributed by atoms with Crippen LogP contribution in [0.1, 0.15) is 30.6 Å². The predicted molar refractivity (Wildman–Crippen MR) is 102 cm³/mol. The molecular weight excluding hydrogens is 443 g/mol.